The van der Waals surface area contributed by atoms with Gasteiger partial charge in [0.2, 0.25) is 0 Å². The molecule has 0 saturated heterocycles. The normalized spacial score (nSPS) is 10.7. The number of esters is 1. The Morgan fingerprint density at radius 1 is 1.07 bits per heavy atom. The number of carbonyl (C=O) groups excluding carboxylic acids is 2. The van der Waals surface area contributed by atoms with Gasteiger partial charge in [-0.05, 0) is 49.4 Å². The number of nitrogens with zero attached hydrogens (tertiary/aromatic N) is 1. The molecule has 0 heterocycles. The predicted octanol–water partition coefficient (Wildman–Crippen LogP) is 4.45. The number of para-hydroxylation sites is 1. The molecule has 0 aromatic heterocycles. The number of hydrazone groups is 1. The third kappa shape index (κ3) is 5.30. The molecule has 2 N–H and O–H groups in total. The van der Waals surface area contributed by atoms with E-state index in [2.05, 4.69) is 26.5 Å². The molecular formula is C22H17BrN2O4. The van der Waals surface area contributed by atoms with Crippen LogP contribution in [0, 0.1) is 6.92 Å². The van der Waals surface area contributed by atoms with Gasteiger partial charge in [-0.3, -0.25) is 4.79 Å². The van der Waals surface area contributed by atoms with Gasteiger partial charge in [-0.1, -0.05) is 45.8 Å². The summed E-state index contributed by atoms with van der Waals surface area (Å²) in [5.74, 6) is -0.914. The van der Waals surface area contributed by atoms with Crippen molar-refractivity contribution in [1.82, 2.24) is 5.43 Å². The van der Waals surface area contributed by atoms with Crippen LogP contribution in [-0.4, -0.2) is 23.2 Å². The van der Waals surface area contributed by atoms with Gasteiger partial charge in [0.25, 0.3) is 5.91 Å². The molecule has 146 valence electrons. The molecule has 3 rings (SSSR count). The maximum absolute atomic E-state index is 12.4. The molecule has 0 aliphatic carbocycles. The largest absolute Gasteiger partial charge is 0.507 e. The van der Waals surface area contributed by atoms with E-state index >= 15 is 0 Å². The molecule has 6 nitrogen and oxygen atoms in total. The van der Waals surface area contributed by atoms with Crippen LogP contribution in [0.3, 0.4) is 0 Å². The highest BCUT2D eigenvalue weighted by Crippen LogP contribution is 2.23. The molecule has 0 unspecified atom stereocenters. The molecule has 3 aromatic rings. The summed E-state index contributed by atoms with van der Waals surface area (Å²) < 4.78 is 6.24. The highest BCUT2D eigenvalue weighted by Gasteiger charge is 2.12. The van der Waals surface area contributed by atoms with Gasteiger partial charge >= 0.3 is 5.97 Å². The third-order valence-corrected chi connectivity index (χ3v) is 4.47. The summed E-state index contributed by atoms with van der Waals surface area (Å²) in [7, 11) is 0. The van der Waals surface area contributed by atoms with E-state index in [1.54, 1.807) is 42.5 Å². The van der Waals surface area contributed by atoms with Gasteiger partial charge in [0.1, 0.15) is 11.5 Å². The third-order valence-electron chi connectivity index (χ3n) is 3.98. The van der Waals surface area contributed by atoms with Crippen molar-refractivity contribution in [1.29, 1.82) is 0 Å². The van der Waals surface area contributed by atoms with Crippen molar-refractivity contribution >= 4 is 34.0 Å². The minimum atomic E-state index is -0.562. The number of ether oxygens (including phenoxy) is 1. The Morgan fingerprint density at radius 2 is 1.79 bits per heavy atom. The van der Waals surface area contributed by atoms with Crippen LogP contribution < -0.4 is 10.2 Å². The van der Waals surface area contributed by atoms with Crippen LogP contribution in [0.5, 0.6) is 11.5 Å². The standard InChI is InChI=1S/C22H17BrN2O4/c1-14-6-8-15(9-7-14)22(28)29-20-11-10-17(23)12-16(20)13-24-25-21(27)18-4-2-3-5-19(18)26/h2-13,26H,1H3,(H,25,27). The number of carbonyl (C=O) groups is 2. The lowest BCUT2D eigenvalue weighted by Crippen LogP contribution is -2.17. The van der Waals surface area contributed by atoms with Crippen molar-refractivity contribution in [3.63, 3.8) is 0 Å². The van der Waals surface area contributed by atoms with Gasteiger partial charge in [0.15, 0.2) is 0 Å². The second kappa shape index (κ2) is 9.16. The number of benzene rings is 3. The molecule has 7 heteroatoms. The Bertz CT molecular complexity index is 1080. The quantitative estimate of drug-likeness (QED) is 0.259. The second-order valence-electron chi connectivity index (χ2n) is 6.15. The van der Waals surface area contributed by atoms with Crippen molar-refractivity contribution in [2.75, 3.05) is 0 Å². The molecule has 0 bridgehead atoms. The van der Waals surface area contributed by atoms with Crippen LogP contribution in [0.4, 0.5) is 0 Å². The molecule has 0 fully saturated rings. The van der Waals surface area contributed by atoms with Crippen LogP contribution in [0.1, 0.15) is 31.8 Å². The Kier molecular flexibility index (Phi) is 6.41. The van der Waals surface area contributed by atoms with Gasteiger partial charge in [0, 0.05) is 10.0 Å². The zero-order valence-corrected chi connectivity index (χ0v) is 17.0. The van der Waals surface area contributed by atoms with Crippen LogP contribution in [0.2, 0.25) is 0 Å². The van der Waals surface area contributed by atoms with Crippen molar-refractivity contribution in [3.8, 4) is 11.5 Å². The number of hydrogen-bond donors (Lipinski definition) is 2. The number of phenols is 1. The van der Waals surface area contributed by atoms with Crippen molar-refractivity contribution < 1.29 is 19.4 Å². The molecule has 0 radical (unpaired) electrons. The van der Waals surface area contributed by atoms with E-state index in [1.165, 1.54) is 18.3 Å². The van der Waals surface area contributed by atoms with Crippen LogP contribution in [0.15, 0.2) is 76.3 Å². The molecule has 0 spiro atoms. The zero-order valence-electron chi connectivity index (χ0n) is 15.4. The van der Waals surface area contributed by atoms with E-state index in [9.17, 15) is 14.7 Å². The molecule has 3 aromatic carbocycles. The number of rotatable bonds is 5. The van der Waals surface area contributed by atoms with Crippen molar-refractivity contribution in [2.45, 2.75) is 6.92 Å². The molecule has 29 heavy (non-hydrogen) atoms. The summed E-state index contributed by atoms with van der Waals surface area (Å²) >= 11 is 3.36. The lowest BCUT2D eigenvalue weighted by Gasteiger charge is -2.08. The monoisotopic (exact) mass is 452 g/mol. The van der Waals surface area contributed by atoms with E-state index < -0.39 is 11.9 Å². The molecular weight excluding hydrogens is 436 g/mol. The van der Waals surface area contributed by atoms with Crippen molar-refractivity contribution in [2.24, 2.45) is 5.10 Å². The van der Waals surface area contributed by atoms with Crippen LogP contribution in [0.25, 0.3) is 0 Å². The number of nitrogens with one attached hydrogen (secondary N) is 1. The molecule has 1 amide bonds. The predicted molar refractivity (Wildman–Crippen MR) is 113 cm³/mol. The molecule has 0 aliphatic rings. The summed E-state index contributed by atoms with van der Waals surface area (Å²) in [6.45, 7) is 1.93. The first-order chi connectivity index (χ1) is 13.9. The minimum Gasteiger partial charge on any atom is -0.507 e. The number of phenolic OH excluding ortho intramolecular Hbond substituents is 1. The Hall–Kier alpha value is -3.45. The fourth-order valence-corrected chi connectivity index (χ4v) is 2.83. The SMILES string of the molecule is Cc1ccc(C(=O)Oc2ccc(Br)cc2C=NNC(=O)c2ccccc2O)cc1. The van der Waals surface area contributed by atoms with Crippen LogP contribution >= 0.6 is 15.9 Å². The van der Waals surface area contributed by atoms with Gasteiger partial charge < -0.3 is 9.84 Å². The highest BCUT2D eigenvalue weighted by molar-refractivity contribution is 9.10. The summed E-state index contributed by atoms with van der Waals surface area (Å²) in [6.07, 6.45) is 1.36. The Morgan fingerprint density at radius 3 is 2.52 bits per heavy atom. The summed E-state index contributed by atoms with van der Waals surface area (Å²) in [5.41, 5.74) is 4.39. The number of halogens is 1. The number of aryl methyl sites for hydroxylation is 1. The first-order valence-corrected chi connectivity index (χ1v) is 9.43. The maximum Gasteiger partial charge on any atom is 0.343 e. The smallest absolute Gasteiger partial charge is 0.343 e. The lowest BCUT2D eigenvalue weighted by atomic mass is 10.1. The topological polar surface area (TPSA) is 88.0 Å². The van der Waals surface area contributed by atoms with E-state index in [-0.39, 0.29) is 11.3 Å². The first-order valence-electron chi connectivity index (χ1n) is 8.64. The highest BCUT2D eigenvalue weighted by atomic mass is 79.9. The molecule has 0 aliphatic heterocycles. The first kappa shape index (κ1) is 20.3. The van der Waals surface area contributed by atoms with Crippen molar-refractivity contribution in [3.05, 3.63) is 93.5 Å². The van der Waals surface area contributed by atoms with Gasteiger partial charge in [0.05, 0.1) is 17.3 Å². The average Bonchev–Trinajstić information content (AvgIpc) is 2.70. The van der Waals surface area contributed by atoms with E-state index in [4.69, 9.17) is 4.74 Å². The Balaban J connectivity index is 1.75. The average molecular weight is 453 g/mol. The van der Waals surface area contributed by atoms with E-state index in [0.29, 0.717) is 16.9 Å². The van der Waals surface area contributed by atoms with Gasteiger partial charge in [-0.25, -0.2) is 10.2 Å². The van der Waals surface area contributed by atoms with Crippen LogP contribution in [-0.2, 0) is 0 Å². The molecule has 0 atom stereocenters. The van der Waals surface area contributed by atoms with Gasteiger partial charge in [-0.2, -0.15) is 5.10 Å². The van der Waals surface area contributed by atoms with E-state index in [0.717, 1.165) is 10.0 Å². The second-order valence-corrected chi connectivity index (χ2v) is 7.07. The fraction of sp³-hybridized carbons (Fsp3) is 0.0455. The lowest BCUT2D eigenvalue weighted by molar-refractivity contribution is 0.0734. The zero-order chi connectivity index (χ0) is 20.8. The number of aromatic hydroxyl groups is 1. The van der Waals surface area contributed by atoms with E-state index in [1.807, 2.05) is 19.1 Å². The maximum atomic E-state index is 12.4. The minimum absolute atomic E-state index is 0.102. The summed E-state index contributed by atoms with van der Waals surface area (Å²) in [6, 6.07) is 18.2. The summed E-state index contributed by atoms with van der Waals surface area (Å²) in [5, 5.41) is 13.6. The molecule has 0 saturated carbocycles. The number of amides is 1. The summed E-state index contributed by atoms with van der Waals surface area (Å²) in [4.78, 5) is 24.5. The van der Waals surface area contributed by atoms with Gasteiger partial charge in [-0.15, -0.1) is 0 Å². The fourth-order valence-electron chi connectivity index (χ4n) is 2.45. The Labute approximate surface area is 176 Å². The number of hydrogen-bond acceptors (Lipinski definition) is 5.